The van der Waals surface area contributed by atoms with Crippen LogP contribution in [-0.4, -0.2) is 41.0 Å². The summed E-state index contributed by atoms with van der Waals surface area (Å²) in [5.41, 5.74) is 0.623. The van der Waals surface area contributed by atoms with E-state index in [9.17, 15) is 18.8 Å². The van der Waals surface area contributed by atoms with E-state index in [1.54, 1.807) is 17.0 Å². The summed E-state index contributed by atoms with van der Waals surface area (Å²) in [5.74, 6) is -0.0534. The van der Waals surface area contributed by atoms with Crippen LogP contribution in [-0.2, 0) is 22.4 Å². The number of H-pyrrole nitrogens is 1. The number of benzene rings is 1. The SMILES string of the molecule is O=C(CCc1cc(=O)[nH]o1)NC1CC(=O)N(CCc2ccc(F)cc2)C1. The normalized spacial score (nSPS) is 16.9. The van der Waals surface area contributed by atoms with Gasteiger partial charge in [-0.25, -0.2) is 4.39 Å². The van der Waals surface area contributed by atoms with E-state index < -0.39 is 0 Å². The van der Waals surface area contributed by atoms with E-state index in [0.717, 1.165) is 5.56 Å². The maximum Gasteiger partial charge on any atom is 0.280 e. The maximum atomic E-state index is 12.9. The zero-order chi connectivity index (χ0) is 18.5. The summed E-state index contributed by atoms with van der Waals surface area (Å²) in [6.07, 6.45) is 1.41. The second kappa shape index (κ2) is 7.99. The minimum atomic E-state index is -0.335. The van der Waals surface area contributed by atoms with Gasteiger partial charge in [0.25, 0.3) is 5.56 Å². The first-order chi connectivity index (χ1) is 12.5. The third kappa shape index (κ3) is 4.81. The van der Waals surface area contributed by atoms with Gasteiger partial charge in [-0.05, 0) is 24.1 Å². The number of rotatable bonds is 7. The number of carbonyl (C=O) groups is 2. The fraction of sp³-hybridized carbons (Fsp3) is 0.389. The summed E-state index contributed by atoms with van der Waals surface area (Å²) in [6, 6.07) is 7.29. The minimum Gasteiger partial charge on any atom is -0.384 e. The molecule has 0 radical (unpaired) electrons. The van der Waals surface area contributed by atoms with E-state index in [4.69, 9.17) is 4.52 Å². The highest BCUT2D eigenvalue weighted by atomic mass is 19.1. The summed E-state index contributed by atoms with van der Waals surface area (Å²) in [7, 11) is 0. The van der Waals surface area contributed by atoms with Crippen LogP contribution < -0.4 is 10.9 Å². The lowest BCUT2D eigenvalue weighted by Crippen LogP contribution is -2.37. The molecule has 7 nitrogen and oxygen atoms in total. The monoisotopic (exact) mass is 361 g/mol. The Hall–Kier alpha value is -2.90. The molecular weight excluding hydrogens is 341 g/mol. The van der Waals surface area contributed by atoms with Crippen LogP contribution in [0.3, 0.4) is 0 Å². The van der Waals surface area contributed by atoms with Gasteiger partial charge in [0, 0.05) is 38.4 Å². The van der Waals surface area contributed by atoms with Crippen molar-refractivity contribution in [2.24, 2.45) is 0 Å². The molecule has 0 aliphatic carbocycles. The number of hydrogen-bond donors (Lipinski definition) is 2. The van der Waals surface area contributed by atoms with Crippen molar-refractivity contribution < 1.29 is 18.5 Å². The number of amides is 2. The average molecular weight is 361 g/mol. The number of nitrogens with one attached hydrogen (secondary N) is 2. The van der Waals surface area contributed by atoms with Crippen molar-refractivity contribution in [3.8, 4) is 0 Å². The van der Waals surface area contributed by atoms with Gasteiger partial charge < -0.3 is 14.7 Å². The molecule has 1 aromatic heterocycles. The van der Waals surface area contributed by atoms with E-state index in [0.29, 0.717) is 31.7 Å². The lowest BCUT2D eigenvalue weighted by molar-refractivity contribution is -0.127. The summed E-state index contributed by atoms with van der Waals surface area (Å²) in [5, 5.41) is 5.01. The molecule has 3 rings (SSSR count). The van der Waals surface area contributed by atoms with Crippen molar-refractivity contribution in [2.45, 2.75) is 31.7 Å². The first-order valence-corrected chi connectivity index (χ1v) is 8.48. The maximum absolute atomic E-state index is 12.9. The Kier molecular flexibility index (Phi) is 5.50. The van der Waals surface area contributed by atoms with Crippen molar-refractivity contribution in [3.63, 3.8) is 0 Å². The van der Waals surface area contributed by atoms with Crippen LogP contribution >= 0.6 is 0 Å². The molecule has 2 aromatic rings. The van der Waals surface area contributed by atoms with Gasteiger partial charge in [-0.3, -0.25) is 14.4 Å². The molecule has 1 aromatic carbocycles. The molecule has 1 aliphatic heterocycles. The van der Waals surface area contributed by atoms with Crippen molar-refractivity contribution in [2.75, 3.05) is 13.1 Å². The highest BCUT2D eigenvalue weighted by molar-refractivity contribution is 5.82. The quantitative estimate of drug-likeness (QED) is 0.769. The summed E-state index contributed by atoms with van der Waals surface area (Å²) in [4.78, 5) is 36.7. The van der Waals surface area contributed by atoms with Crippen LogP contribution in [0.5, 0.6) is 0 Å². The predicted molar refractivity (Wildman–Crippen MR) is 90.9 cm³/mol. The van der Waals surface area contributed by atoms with Gasteiger partial charge in [-0.2, -0.15) is 5.16 Å². The van der Waals surface area contributed by atoms with Crippen LogP contribution in [0, 0.1) is 5.82 Å². The minimum absolute atomic E-state index is 0.00552. The van der Waals surface area contributed by atoms with Crippen LogP contribution in [0.1, 0.15) is 24.2 Å². The lowest BCUT2D eigenvalue weighted by atomic mass is 10.1. The predicted octanol–water partition coefficient (Wildman–Crippen LogP) is 0.999. The molecule has 0 spiro atoms. The third-order valence-electron chi connectivity index (χ3n) is 4.34. The Bertz CT molecular complexity index is 827. The molecule has 2 amide bonds. The highest BCUT2D eigenvalue weighted by Gasteiger charge is 2.30. The van der Waals surface area contributed by atoms with E-state index >= 15 is 0 Å². The Morgan fingerprint density at radius 1 is 1.27 bits per heavy atom. The van der Waals surface area contributed by atoms with E-state index in [-0.39, 0.29) is 42.1 Å². The second-order valence-electron chi connectivity index (χ2n) is 6.36. The molecule has 1 unspecified atom stereocenters. The number of likely N-dealkylation sites (tertiary alicyclic amines) is 1. The molecule has 1 aliphatic rings. The van der Waals surface area contributed by atoms with Gasteiger partial charge in [-0.15, -0.1) is 0 Å². The molecule has 8 heteroatoms. The molecule has 2 N–H and O–H groups in total. The van der Waals surface area contributed by atoms with Gasteiger partial charge >= 0.3 is 0 Å². The second-order valence-corrected chi connectivity index (χ2v) is 6.36. The molecule has 138 valence electrons. The van der Waals surface area contributed by atoms with Crippen LogP contribution in [0.2, 0.25) is 0 Å². The zero-order valence-electron chi connectivity index (χ0n) is 14.2. The number of aromatic nitrogens is 1. The Labute approximate surface area is 149 Å². The highest BCUT2D eigenvalue weighted by Crippen LogP contribution is 2.13. The number of nitrogens with zero attached hydrogens (tertiary/aromatic N) is 1. The molecule has 1 saturated heterocycles. The van der Waals surface area contributed by atoms with Gasteiger partial charge in [-0.1, -0.05) is 12.1 Å². The first kappa shape index (κ1) is 17.9. The van der Waals surface area contributed by atoms with Crippen LogP contribution in [0.15, 0.2) is 39.6 Å². The number of aryl methyl sites for hydroxylation is 1. The Morgan fingerprint density at radius 2 is 2.04 bits per heavy atom. The third-order valence-corrected chi connectivity index (χ3v) is 4.34. The van der Waals surface area contributed by atoms with E-state index in [1.165, 1.54) is 18.2 Å². The van der Waals surface area contributed by atoms with Crippen molar-refractivity contribution >= 4 is 11.8 Å². The molecule has 1 atom stereocenters. The first-order valence-electron chi connectivity index (χ1n) is 8.48. The van der Waals surface area contributed by atoms with Gasteiger partial charge in [0.2, 0.25) is 11.8 Å². The van der Waals surface area contributed by atoms with Crippen LogP contribution in [0.4, 0.5) is 4.39 Å². The molecular formula is C18H20FN3O4. The fourth-order valence-electron chi connectivity index (χ4n) is 2.98. The van der Waals surface area contributed by atoms with Gasteiger partial charge in [0.05, 0.1) is 6.04 Å². The Morgan fingerprint density at radius 3 is 2.73 bits per heavy atom. The van der Waals surface area contributed by atoms with E-state index in [1.807, 2.05) is 0 Å². The fourth-order valence-corrected chi connectivity index (χ4v) is 2.98. The molecule has 0 bridgehead atoms. The smallest absolute Gasteiger partial charge is 0.280 e. The van der Waals surface area contributed by atoms with Gasteiger partial charge in [0.1, 0.15) is 11.6 Å². The van der Waals surface area contributed by atoms with Gasteiger partial charge in [0.15, 0.2) is 0 Å². The average Bonchev–Trinajstić information content (AvgIpc) is 3.18. The number of halogens is 1. The number of carbonyl (C=O) groups excluding carboxylic acids is 2. The van der Waals surface area contributed by atoms with Crippen molar-refractivity contribution in [1.82, 2.24) is 15.4 Å². The van der Waals surface area contributed by atoms with Crippen molar-refractivity contribution in [3.05, 3.63) is 57.8 Å². The molecule has 2 heterocycles. The summed E-state index contributed by atoms with van der Waals surface area (Å²) in [6.45, 7) is 0.996. The van der Waals surface area contributed by atoms with Crippen molar-refractivity contribution in [1.29, 1.82) is 0 Å². The lowest BCUT2D eigenvalue weighted by Gasteiger charge is -2.17. The topological polar surface area (TPSA) is 95.4 Å². The van der Waals surface area contributed by atoms with Crippen LogP contribution in [0.25, 0.3) is 0 Å². The number of hydrogen-bond acceptors (Lipinski definition) is 4. The molecule has 1 fully saturated rings. The standard InChI is InChI=1S/C18H20FN3O4/c19-13-3-1-12(2-4-13)7-8-22-11-14(9-18(22)25)20-16(23)6-5-15-10-17(24)21-26-15/h1-4,10,14H,5-9,11H2,(H,20,23)(H,21,24). The Balaban J connectivity index is 1.42. The van der Waals surface area contributed by atoms with E-state index in [2.05, 4.69) is 10.5 Å². The molecule has 26 heavy (non-hydrogen) atoms. The summed E-state index contributed by atoms with van der Waals surface area (Å²) >= 11 is 0. The zero-order valence-corrected chi connectivity index (χ0v) is 14.2. The summed E-state index contributed by atoms with van der Waals surface area (Å²) < 4.78 is 17.8. The molecule has 0 saturated carbocycles. The largest absolute Gasteiger partial charge is 0.384 e. The number of aromatic amines is 1.